The molecule has 1 atom stereocenters. The summed E-state index contributed by atoms with van der Waals surface area (Å²) < 4.78 is 22.7. The van der Waals surface area contributed by atoms with Gasteiger partial charge in [0, 0.05) is 12.0 Å². The van der Waals surface area contributed by atoms with Crippen molar-refractivity contribution in [3.63, 3.8) is 0 Å². The van der Waals surface area contributed by atoms with Crippen molar-refractivity contribution in [2.75, 3.05) is 13.9 Å². The number of methoxy groups -OCH3 is 1. The predicted molar refractivity (Wildman–Crippen MR) is 147 cm³/mol. The number of rotatable bonds is 12. The molecule has 0 saturated heterocycles. The Morgan fingerprint density at radius 3 is 2.56 bits per heavy atom. The minimum absolute atomic E-state index is 0.0753. The minimum atomic E-state index is -0.918. The van der Waals surface area contributed by atoms with Gasteiger partial charge < -0.3 is 29.4 Å². The average Bonchev–Trinajstić information content (AvgIpc) is 3.39. The van der Waals surface area contributed by atoms with Gasteiger partial charge in [0.1, 0.15) is 12.4 Å². The van der Waals surface area contributed by atoms with Crippen LogP contribution in [0.4, 0.5) is 0 Å². The number of ether oxygens (including phenoxy) is 4. The lowest BCUT2D eigenvalue weighted by Gasteiger charge is -2.23. The van der Waals surface area contributed by atoms with E-state index in [0.29, 0.717) is 34.8 Å². The summed E-state index contributed by atoms with van der Waals surface area (Å²) in [5, 5.41) is 12.4. The van der Waals surface area contributed by atoms with Crippen LogP contribution in [0.2, 0.25) is 0 Å². The number of carboxylic acids is 1. The highest BCUT2D eigenvalue weighted by molar-refractivity contribution is 5.96. The molecule has 4 rings (SSSR count). The summed E-state index contributed by atoms with van der Waals surface area (Å²) in [6.45, 7) is 6.54. The third-order valence-corrected chi connectivity index (χ3v) is 6.61. The van der Waals surface area contributed by atoms with E-state index in [0.717, 1.165) is 22.4 Å². The van der Waals surface area contributed by atoms with E-state index in [2.05, 4.69) is 19.2 Å². The molecule has 8 heteroatoms. The zero-order chi connectivity index (χ0) is 27.9. The molecular weight excluding hydrogens is 498 g/mol. The Kier molecular flexibility index (Phi) is 8.96. The quantitative estimate of drug-likeness (QED) is 0.301. The van der Waals surface area contributed by atoms with Gasteiger partial charge in [0.2, 0.25) is 12.5 Å². The van der Waals surface area contributed by atoms with Crippen molar-refractivity contribution in [1.82, 2.24) is 5.32 Å². The van der Waals surface area contributed by atoms with Crippen molar-refractivity contribution in [3.8, 4) is 23.0 Å². The van der Waals surface area contributed by atoms with Crippen molar-refractivity contribution in [1.29, 1.82) is 0 Å². The van der Waals surface area contributed by atoms with Crippen LogP contribution < -0.4 is 24.3 Å². The second-order valence-corrected chi connectivity index (χ2v) is 10.1. The molecule has 3 aromatic carbocycles. The molecule has 206 valence electrons. The number of benzene rings is 3. The molecule has 0 saturated carbocycles. The number of carbonyl (C=O) groups excluding carboxylic acids is 1. The molecule has 39 heavy (non-hydrogen) atoms. The summed E-state index contributed by atoms with van der Waals surface area (Å²) in [6.07, 6.45) is 0.840. The monoisotopic (exact) mass is 533 g/mol. The SMILES string of the molecule is COc1cc(C(CC(C)C)NC(=O)c2cc(COc3ccccc3C)ccc2CCC(=O)O)cc2c1OCO2. The van der Waals surface area contributed by atoms with Gasteiger partial charge in [0.05, 0.1) is 13.2 Å². The molecule has 1 amide bonds. The van der Waals surface area contributed by atoms with Crippen molar-refractivity contribution in [3.05, 3.63) is 82.4 Å². The molecule has 0 fully saturated rings. The number of hydrogen-bond acceptors (Lipinski definition) is 6. The Balaban J connectivity index is 1.62. The summed E-state index contributed by atoms with van der Waals surface area (Å²) in [5.74, 6) is 1.52. The fourth-order valence-electron chi connectivity index (χ4n) is 4.60. The van der Waals surface area contributed by atoms with Crippen LogP contribution in [-0.4, -0.2) is 30.9 Å². The number of hydrogen-bond donors (Lipinski definition) is 2. The van der Waals surface area contributed by atoms with E-state index in [1.54, 1.807) is 13.2 Å². The predicted octanol–water partition coefficient (Wildman–Crippen LogP) is 5.85. The lowest BCUT2D eigenvalue weighted by Crippen LogP contribution is -2.30. The highest BCUT2D eigenvalue weighted by atomic mass is 16.7. The van der Waals surface area contributed by atoms with Gasteiger partial charge in [-0.05, 0) is 72.2 Å². The summed E-state index contributed by atoms with van der Waals surface area (Å²) in [5.41, 5.74) is 3.77. The summed E-state index contributed by atoms with van der Waals surface area (Å²) in [4.78, 5) is 25.1. The Labute approximate surface area is 228 Å². The van der Waals surface area contributed by atoms with Gasteiger partial charge in [-0.25, -0.2) is 0 Å². The fourth-order valence-corrected chi connectivity index (χ4v) is 4.60. The lowest BCUT2D eigenvalue weighted by molar-refractivity contribution is -0.136. The molecule has 3 aromatic rings. The van der Waals surface area contributed by atoms with Gasteiger partial charge in [-0.15, -0.1) is 0 Å². The van der Waals surface area contributed by atoms with Gasteiger partial charge in [0.15, 0.2) is 11.5 Å². The zero-order valence-electron chi connectivity index (χ0n) is 22.8. The van der Waals surface area contributed by atoms with Crippen LogP contribution in [0.3, 0.4) is 0 Å². The second-order valence-electron chi connectivity index (χ2n) is 10.1. The maximum Gasteiger partial charge on any atom is 0.303 e. The molecule has 0 radical (unpaired) electrons. The molecule has 0 aliphatic carbocycles. The van der Waals surface area contributed by atoms with E-state index in [1.165, 1.54) is 0 Å². The third-order valence-electron chi connectivity index (χ3n) is 6.61. The van der Waals surface area contributed by atoms with Crippen molar-refractivity contribution in [2.24, 2.45) is 5.92 Å². The van der Waals surface area contributed by atoms with Gasteiger partial charge in [-0.2, -0.15) is 0 Å². The van der Waals surface area contributed by atoms with Crippen LogP contribution in [-0.2, 0) is 17.8 Å². The number of nitrogens with one attached hydrogen (secondary N) is 1. The van der Waals surface area contributed by atoms with Crippen LogP contribution in [0.15, 0.2) is 54.6 Å². The van der Waals surface area contributed by atoms with Crippen LogP contribution >= 0.6 is 0 Å². The zero-order valence-corrected chi connectivity index (χ0v) is 22.8. The molecule has 0 bridgehead atoms. The highest BCUT2D eigenvalue weighted by Gasteiger charge is 2.26. The van der Waals surface area contributed by atoms with E-state index in [1.807, 2.05) is 55.5 Å². The van der Waals surface area contributed by atoms with Crippen LogP contribution in [0.1, 0.15) is 65.3 Å². The van der Waals surface area contributed by atoms with Crippen LogP contribution in [0.25, 0.3) is 0 Å². The molecule has 0 spiro atoms. The Morgan fingerprint density at radius 2 is 1.85 bits per heavy atom. The van der Waals surface area contributed by atoms with Gasteiger partial charge in [-0.3, -0.25) is 9.59 Å². The number of carbonyl (C=O) groups is 2. The van der Waals surface area contributed by atoms with Crippen LogP contribution in [0.5, 0.6) is 23.0 Å². The molecule has 0 aromatic heterocycles. The molecule has 2 N–H and O–H groups in total. The Bertz CT molecular complexity index is 1330. The van der Waals surface area contributed by atoms with Crippen molar-refractivity contribution >= 4 is 11.9 Å². The number of aryl methyl sites for hydroxylation is 2. The molecular formula is C31H35NO7. The lowest BCUT2D eigenvalue weighted by atomic mass is 9.94. The number of fused-ring (bicyclic) bond motifs is 1. The maximum absolute atomic E-state index is 13.8. The Hall–Kier alpha value is -4.20. The van der Waals surface area contributed by atoms with E-state index < -0.39 is 5.97 Å². The number of aliphatic carboxylic acids is 1. The number of amides is 1. The van der Waals surface area contributed by atoms with Gasteiger partial charge in [0.25, 0.3) is 5.91 Å². The first-order chi connectivity index (χ1) is 18.7. The van der Waals surface area contributed by atoms with Gasteiger partial charge >= 0.3 is 5.97 Å². The number of para-hydroxylation sites is 1. The van der Waals surface area contributed by atoms with E-state index >= 15 is 0 Å². The fraction of sp³-hybridized carbons (Fsp3) is 0.355. The molecule has 1 unspecified atom stereocenters. The van der Waals surface area contributed by atoms with E-state index in [9.17, 15) is 14.7 Å². The van der Waals surface area contributed by atoms with Crippen LogP contribution in [0, 0.1) is 12.8 Å². The topological polar surface area (TPSA) is 103 Å². The summed E-state index contributed by atoms with van der Waals surface area (Å²) in [7, 11) is 1.57. The number of carboxylic acid groups (broad SMARTS) is 1. The molecule has 1 aliphatic heterocycles. The van der Waals surface area contributed by atoms with Crippen molar-refractivity contribution in [2.45, 2.75) is 52.7 Å². The van der Waals surface area contributed by atoms with E-state index in [-0.39, 0.29) is 44.1 Å². The average molecular weight is 534 g/mol. The summed E-state index contributed by atoms with van der Waals surface area (Å²) in [6, 6.07) is 16.6. The first-order valence-corrected chi connectivity index (χ1v) is 13.1. The largest absolute Gasteiger partial charge is 0.493 e. The standard InChI is InChI=1S/C31H35NO7/c1-19(2)13-25(23-15-27(36-4)30-28(16-23)38-18-39-30)32-31(35)24-14-21(9-10-22(24)11-12-29(33)34)17-37-26-8-6-5-7-20(26)3/h5-10,14-16,19,25H,11-13,17-18H2,1-4H3,(H,32,35)(H,33,34). The third kappa shape index (κ3) is 7.02. The second kappa shape index (κ2) is 12.6. The Morgan fingerprint density at radius 1 is 1.05 bits per heavy atom. The molecule has 1 aliphatic rings. The highest BCUT2D eigenvalue weighted by Crippen LogP contribution is 2.43. The first kappa shape index (κ1) is 27.8. The molecule has 1 heterocycles. The smallest absolute Gasteiger partial charge is 0.303 e. The minimum Gasteiger partial charge on any atom is -0.493 e. The maximum atomic E-state index is 13.8. The molecule has 8 nitrogen and oxygen atoms in total. The summed E-state index contributed by atoms with van der Waals surface area (Å²) >= 11 is 0. The van der Waals surface area contributed by atoms with Crippen molar-refractivity contribution < 1.29 is 33.6 Å². The van der Waals surface area contributed by atoms with E-state index in [4.69, 9.17) is 18.9 Å². The van der Waals surface area contributed by atoms with Gasteiger partial charge in [-0.1, -0.05) is 44.2 Å². The normalized spacial score (nSPS) is 12.7. The first-order valence-electron chi connectivity index (χ1n) is 13.1.